The zero-order valence-electron chi connectivity index (χ0n) is 13.4. The molecule has 2 rings (SSSR count). The van der Waals surface area contributed by atoms with Gasteiger partial charge in [0.15, 0.2) is 0 Å². The van der Waals surface area contributed by atoms with Crippen LogP contribution in [0, 0.1) is 12.8 Å². The fourth-order valence-corrected chi connectivity index (χ4v) is 3.03. The second-order valence-electron chi connectivity index (χ2n) is 6.20. The number of carbonyl (C=O) groups is 2. The summed E-state index contributed by atoms with van der Waals surface area (Å²) in [6, 6.07) is 1.60. The molecule has 6 heteroatoms. The third-order valence-corrected chi connectivity index (χ3v) is 4.38. The molecule has 0 saturated heterocycles. The Morgan fingerprint density at radius 3 is 2.86 bits per heavy atom. The van der Waals surface area contributed by atoms with Gasteiger partial charge in [-0.1, -0.05) is 12.8 Å². The molecule has 1 aliphatic rings. The maximum Gasteiger partial charge on any atom is 0.341 e. The van der Waals surface area contributed by atoms with Gasteiger partial charge in [-0.05, 0) is 32.8 Å². The van der Waals surface area contributed by atoms with E-state index in [1.54, 1.807) is 13.0 Å². The fourth-order valence-electron chi connectivity index (χ4n) is 3.03. The van der Waals surface area contributed by atoms with Crippen molar-refractivity contribution in [3.63, 3.8) is 0 Å². The van der Waals surface area contributed by atoms with Crippen LogP contribution < -0.4 is 11.1 Å². The standard InChI is InChI=1S/C16H24N2O4/c1-10-12(15(20)21-3)8-11(22-10)9-18-14(19)13-6-4-5-7-16(13,2)17/h8,13H,4-7,9,17H2,1-3H3,(H,18,19). The zero-order chi connectivity index (χ0) is 16.3. The molecule has 1 fully saturated rings. The smallest absolute Gasteiger partial charge is 0.341 e. The first-order valence-electron chi connectivity index (χ1n) is 7.59. The number of nitrogens with one attached hydrogen (secondary N) is 1. The Morgan fingerprint density at radius 2 is 2.23 bits per heavy atom. The molecule has 1 aliphatic carbocycles. The lowest BCUT2D eigenvalue weighted by Crippen LogP contribution is -2.52. The SMILES string of the molecule is COC(=O)c1cc(CNC(=O)C2CCCCC2(C)N)oc1C. The quantitative estimate of drug-likeness (QED) is 0.828. The minimum Gasteiger partial charge on any atom is -0.465 e. The highest BCUT2D eigenvalue weighted by Crippen LogP contribution is 2.31. The largest absolute Gasteiger partial charge is 0.465 e. The fraction of sp³-hybridized carbons (Fsp3) is 0.625. The molecule has 0 radical (unpaired) electrons. The molecule has 1 saturated carbocycles. The predicted molar refractivity (Wildman–Crippen MR) is 81.2 cm³/mol. The number of hydrogen-bond donors (Lipinski definition) is 2. The zero-order valence-corrected chi connectivity index (χ0v) is 13.4. The first kappa shape index (κ1) is 16.5. The van der Waals surface area contributed by atoms with Crippen molar-refractivity contribution in [1.82, 2.24) is 5.32 Å². The van der Waals surface area contributed by atoms with Gasteiger partial charge in [0.05, 0.1) is 19.6 Å². The molecular weight excluding hydrogens is 284 g/mol. The Labute approximate surface area is 130 Å². The van der Waals surface area contributed by atoms with Gasteiger partial charge in [-0.15, -0.1) is 0 Å². The van der Waals surface area contributed by atoms with E-state index >= 15 is 0 Å². The van der Waals surface area contributed by atoms with E-state index in [4.69, 9.17) is 10.2 Å². The van der Waals surface area contributed by atoms with Gasteiger partial charge in [0, 0.05) is 5.54 Å². The molecule has 2 unspecified atom stereocenters. The highest BCUT2D eigenvalue weighted by molar-refractivity contribution is 5.90. The molecule has 1 heterocycles. The van der Waals surface area contributed by atoms with Gasteiger partial charge in [-0.25, -0.2) is 4.79 Å². The Hall–Kier alpha value is -1.82. The van der Waals surface area contributed by atoms with E-state index in [-0.39, 0.29) is 18.4 Å². The van der Waals surface area contributed by atoms with E-state index in [1.807, 2.05) is 6.92 Å². The number of amides is 1. The van der Waals surface area contributed by atoms with Crippen molar-refractivity contribution in [3.8, 4) is 0 Å². The Morgan fingerprint density at radius 1 is 1.50 bits per heavy atom. The molecular formula is C16H24N2O4. The second-order valence-corrected chi connectivity index (χ2v) is 6.20. The van der Waals surface area contributed by atoms with Gasteiger partial charge in [-0.3, -0.25) is 4.79 Å². The number of furan rings is 1. The number of methoxy groups -OCH3 is 1. The number of esters is 1. The van der Waals surface area contributed by atoms with Gasteiger partial charge in [-0.2, -0.15) is 0 Å². The Bertz CT molecular complexity index is 562. The molecule has 1 aromatic heterocycles. The lowest BCUT2D eigenvalue weighted by Gasteiger charge is -2.37. The van der Waals surface area contributed by atoms with E-state index < -0.39 is 11.5 Å². The van der Waals surface area contributed by atoms with Gasteiger partial charge in [0.1, 0.15) is 17.1 Å². The molecule has 1 amide bonds. The number of aryl methyl sites for hydroxylation is 1. The second kappa shape index (κ2) is 6.52. The van der Waals surface area contributed by atoms with Crippen LogP contribution in [0.4, 0.5) is 0 Å². The van der Waals surface area contributed by atoms with Crippen molar-refractivity contribution < 1.29 is 18.7 Å². The lowest BCUT2D eigenvalue weighted by atomic mass is 9.74. The van der Waals surface area contributed by atoms with Crippen LogP contribution in [0.5, 0.6) is 0 Å². The first-order valence-corrected chi connectivity index (χ1v) is 7.59. The summed E-state index contributed by atoms with van der Waals surface area (Å²) in [4.78, 5) is 23.9. The van der Waals surface area contributed by atoms with Crippen molar-refractivity contribution in [2.24, 2.45) is 11.7 Å². The number of rotatable bonds is 4. The third kappa shape index (κ3) is 3.50. The van der Waals surface area contributed by atoms with Crippen LogP contribution in [0.15, 0.2) is 10.5 Å². The average Bonchev–Trinajstić information content (AvgIpc) is 2.84. The van der Waals surface area contributed by atoms with Crippen LogP contribution in [0.25, 0.3) is 0 Å². The van der Waals surface area contributed by atoms with Crippen molar-refractivity contribution in [3.05, 3.63) is 23.2 Å². The summed E-state index contributed by atoms with van der Waals surface area (Å²) < 4.78 is 10.2. The molecule has 0 spiro atoms. The minimum absolute atomic E-state index is 0.0571. The number of carbonyl (C=O) groups excluding carboxylic acids is 2. The van der Waals surface area contributed by atoms with Crippen LogP contribution >= 0.6 is 0 Å². The number of nitrogens with two attached hydrogens (primary N) is 1. The summed E-state index contributed by atoms with van der Waals surface area (Å²) in [5, 5.41) is 2.86. The molecule has 0 bridgehead atoms. The van der Waals surface area contributed by atoms with Crippen LogP contribution in [-0.2, 0) is 16.1 Å². The molecule has 3 N–H and O–H groups in total. The monoisotopic (exact) mass is 308 g/mol. The molecule has 22 heavy (non-hydrogen) atoms. The van der Waals surface area contributed by atoms with Crippen molar-refractivity contribution in [2.75, 3.05) is 7.11 Å². The molecule has 1 aromatic rings. The summed E-state index contributed by atoms with van der Waals surface area (Å²) in [5.74, 6) is 0.328. The highest BCUT2D eigenvalue weighted by Gasteiger charge is 2.37. The summed E-state index contributed by atoms with van der Waals surface area (Å²) in [5.41, 5.74) is 6.16. The predicted octanol–water partition coefficient (Wildman–Crippen LogP) is 1.90. The molecule has 2 atom stereocenters. The van der Waals surface area contributed by atoms with E-state index in [2.05, 4.69) is 10.1 Å². The Balaban J connectivity index is 1.98. The van der Waals surface area contributed by atoms with Gasteiger partial charge < -0.3 is 20.2 Å². The maximum atomic E-state index is 12.3. The highest BCUT2D eigenvalue weighted by atomic mass is 16.5. The van der Waals surface area contributed by atoms with Gasteiger partial charge in [0.2, 0.25) is 5.91 Å². The average molecular weight is 308 g/mol. The maximum absolute atomic E-state index is 12.3. The summed E-state index contributed by atoms with van der Waals surface area (Å²) in [6.45, 7) is 3.86. The summed E-state index contributed by atoms with van der Waals surface area (Å²) in [6.07, 6.45) is 3.76. The van der Waals surface area contributed by atoms with Gasteiger partial charge >= 0.3 is 5.97 Å². The van der Waals surface area contributed by atoms with Crippen LogP contribution in [0.3, 0.4) is 0 Å². The lowest BCUT2D eigenvalue weighted by molar-refractivity contribution is -0.128. The summed E-state index contributed by atoms with van der Waals surface area (Å²) >= 11 is 0. The van der Waals surface area contributed by atoms with E-state index in [1.165, 1.54) is 7.11 Å². The topological polar surface area (TPSA) is 94.6 Å². The first-order chi connectivity index (χ1) is 10.3. The molecule has 6 nitrogen and oxygen atoms in total. The molecule has 122 valence electrons. The van der Waals surface area contributed by atoms with Crippen molar-refractivity contribution >= 4 is 11.9 Å². The summed E-state index contributed by atoms with van der Waals surface area (Å²) in [7, 11) is 1.32. The molecule has 0 aliphatic heterocycles. The van der Waals surface area contributed by atoms with E-state index in [0.717, 1.165) is 25.7 Å². The van der Waals surface area contributed by atoms with Crippen molar-refractivity contribution in [1.29, 1.82) is 0 Å². The van der Waals surface area contributed by atoms with Gasteiger partial charge in [0.25, 0.3) is 0 Å². The van der Waals surface area contributed by atoms with Crippen molar-refractivity contribution in [2.45, 2.75) is 51.6 Å². The minimum atomic E-state index is -0.460. The van der Waals surface area contributed by atoms with E-state index in [0.29, 0.717) is 17.1 Å². The Kier molecular flexibility index (Phi) is 4.90. The van der Waals surface area contributed by atoms with Crippen LogP contribution in [0.2, 0.25) is 0 Å². The van der Waals surface area contributed by atoms with E-state index in [9.17, 15) is 9.59 Å². The number of hydrogen-bond acceptors (Lipinski definition) is 5. The normalized spacial score (nSPS) is 24.8. The number of ether oxygens (including phenoxy) is 1. The molecule has 0 aromatic carbocycles. The third-order valence-electron chi connectivity index (χ3n) is 4.38. The van der Waals surface area contributed by atoms with Crippen LogP contribution in [-0.4, -0.2) is 24.5 Å². The van der Waals surface area contributed by atoms with Crippen LogP contribution in [0.1, 0.15) is 54.5 Å².